The fraction of sp³-hybridized carbons (Fsp3) is 0.471. The summed E-state index contributed by atoms with van der Waals surface area (Å²) in [5.41, 5.74) is 3.59. The third-order valence-corrected chi connectivity index (χ3v) is 3.27. The molecule has 2 aromatic rings. The van der Waals surface area contributed by atoms with Gasteiger partial charge >= 0.3 is 0 Å². The van der Waals surface area contributed by atoms with Gasteiger partial charge in [0.15, 0.2) is 0 Å². The van der Waals surface area contributed by atoms with E-state index in [-0.39, 0.29) is 5.54 Å². The van der Waals surface area contributed by atoms with Crippen LogP contribution < -0.4 is 5.32 Å². The van der Waals surface area contributed by atoms with Crippen molar-refractivity contribution in [2.75, 3.05) is 13.7 Å². The summed E-state index contributed by atoms with van der Waals surface area (Å²) in [6.45, 7) is 7.95. The van der Waals surface area contributed by atoms with Crippen molar-refractivity contribution in [3.8, 4) is 11.3 Å². The van der Waals surface area contributed by atoms with Gasteiger partial charge in [-0.15, -0.1) is 0 Å². The molecule has 0 aliphatic heterocycles. The smallest absolute Gasteiger partial charge is 0.120 e. The number of nitrogens with one attached hydrogen (secondary N) is 2. The number of imidazole rings is 1. The molecule has 0 spiro atoms. The van der Waals surface area contributed by atoms with Crippen LogP contribution in [0.3, 0.4) is 0 Å². The number of methoxy groups -OCH3 is 1. The Bertz CT molecular complexity index is 552. The summed E-state index contributed by atoms with van der Waals surface area (Å²) in [6, 6.07) is 8.53. The molecule has 0 saturated heterocycles. The second-order valence-corrected chi connectivity index (χ2v) is 6.29. The van der Waals surface area contributed by atoms with Crippen molar-refractivity contribution in [1.82, 2.24) is 15.3 Å². The highest BCUT2D eigenvalue weighted by Gasteiger charge is 2.10. The average Bonchev–Trinajstić information content (AvgIpc) is 2.92. The molecular formula is C17H25N3O. The van der Waals surface area contributed by atoms with Gasteiger partial charge in [-0.25, -0.2) is 4.98 Å². The Balaban J connectivity index is 2.00. The molecule has 0 atom stereocenters. The van der Waals surface area contributed by atoms with Crippen molar-refractivity contribution in [1.29, 1.82) is 0 Å². The molecule has 2 rings (SSSR count). The van der Waals surface area contributed by atoms with Crippen LogP contribution in [0.25, 0.3) is 11.3 Å². The Morgan fingerprint density at radius 2 is 1.90 bits per heavy atom. The number of ether oxygens (including phenoxy) is 1. The first-order valence-corrected chi connectivity index (χ1v) is 7.35. The molecule has 0 saturated carbocycles. The van der Waals surface area contributed by atoms with Gasteiger partial charge in [0.25, 0.3) is 0 Å². The van der Waals surface area contributed by atoms with Crippen LogP contribution in [0, 0.1) is 0 Å². The van der Waals surface area contributed by atoms with Gasteiger partial charge < -0.3 is 15.0 Å². The van der Waals surface area contributed by atoms with Crippen LogP contribution in [-0.4, -0.2) is 29.2 Å². The number of H-pyrrole nitrogens is 1. The van der Waals surface area contributed by atoms with E-state index in [4.69, 9.17) is 4.74 Å². The summed E-state index contributed by atoms with van der Waals surface area (Å²) >= 11 is 0. The van der Waals surface area contributed by atoms with Crippen molar-refractivity contribution in [2.45, 2.75) is 39.3 Å². The van der Waals surface area contributed by atoms with E-state index in [0.29, 0.717) is 0 Å². The lowest BCUT2D eigenvalue weighted by Gasteiger charge is -2.19. The molecule has 0 radical (unpaired) electrons. The second-order valence-electron chi connectivity index (χ2n) is 6.29. The fourth-order valence-corrected chi connectivity index (χ4v) is 2.02. The number of nitrogens with zero attached hydrogens (tertiary/aromatic N) is 1. The van der Waals surface area contributed by atoms with E-state index in [2.05, 4.69) is 60.3 Å². The normalized spacial score (nSPS) is 11.8. The Morgan fingerprint density at radius 3 is 2.52 bits per heavy atom. The van der Waals surface area contributed by atoms with Crippen molar-refractivity contribution in [2.24, 2.45) is 0 Å². The predicted octanol–water partition coefficient (Wildman–Crippen LogP) is 3.15. The highest BCUT2D eigenvalue weighted by Crippen LogP contribution is 2.18. The van der Waals surface area contributed by atoms with Crippen LogP contribution in [0.5, 0.6) is 0 Å². The maximum atomic E-state index is 5.10. The van der Waals surface area contributed by atoms with Gasteiger partial charge in [-0.1, -0.05) is 24.3 Å². The molecule has 0 unspecified atom stereocenters. The topological polar surface area (TPSA) is 49.9 Å². The molecule has 0 aliphatic rings. The van der Waals surface area contributed by atoms with Crippen LogP contribution in [0.1, 0.15) is 32.2 Å². The fourth-order valence-electron chi connectivity index (χ4n) is 2.02. The zero-order valence-corrected chi connectivity index (χ0v) is 13.4. The third-order valence-electron chi connectivity index (χ3n) is 3.27. The van der Waals surface area contributed by atoms with Gasteiger partial charge in [-0.05, 0) is 38.3 Å². The summed E-state index contributed by atoms with van der Waals surface area (Å²) < 4.78 is 5.10. The molecule has 2 N–H and O–H groups in total. The first-order chi connectivity index (χ1) is 9.98. The molecule has 0 amide bonds. The predicted molar refractivity (Wildman–Crippen MR) is 86.2 cm³/mol. The third kappa shape index (κ3) is 4.99. The first-order valence-electron chi connectivity index (χ1n) is 7.35. The molecule has 21 heavy (non-hydrogen) atoms. The number of hydrogen-bond acceptors (Lipinski definition) is 3. The lowest BCUT2D eigenvalue weighted by molar-refractivity contribution is 0.202. The molecule has 4 nitrogen and oxygen atoms in total. The molecule has 0 bridgehead atoms. The highest BCUT2D eigenvalue weighted by molar-refractivity contribution is 5.58. The minimum absolute atomic E-state index is 0.0932. The zero-order valence-electron chi connectivity index (χ0n) is 13.4. The first kappa shape index (κ1) is 15.7. The Kier molecular flexibility index (Phi) is 5.15. The van der Waals surface area contributed by atoms with E-state index in [0.717, 1.165) is 36.7 Å². The van der Waals surface area contributed by atoms with E-state index in [1.54, 1.807) is 7.11 Å². The number of aromatic amines is 1. The average molecular weight is 287 g/mol. The van der Waals surface area contributed by atoms with E-state index in [9.17, 15) is 0 Å². The lowest BCUT2D eigenvalue weighted by Crippen LogP contribution is -2.35. The molecule has 1 aromatic carbocycles. The zero-order chi connectivity index (χ0) is 15.3. The number of benzene rings is 1. The highest BCUT2D eigenvalue weighted by atomic mass is 16.5. The summed E-state index contributed by atoms with van der Waals surface area (Å²) in [6.07, 6.45) is 2.84. The maximum Gasteiger partial charge on any atom is 0.120 e. The van der Waals surface area contributed by atoms with E-state index < -0.39 is 0 Å². The SMILES string of the molecule is COCCc1ccc(-c2cnc(CNC(C)(C)C)[nH]2)cc1. The van der Waals surface area contributed by atoms with Gasteiger partial charge in [0, 0.05) is 12.6 Å². The summed E-state index contributed by atoms with van der Waals surface area (Å²) in [7, 11) is 1.73. The van der Waals surface area contributed by atoms with Gasteiger partial charge in [-0.2, -0.15) is 0 Å². The Hall–Kier alpha value is -1.65. The molecule has 114 valence electrons. The van der Waals surface area contributed by atoms with Crippen LogP contribution in [0.2, 0.25) is 0 Å². The molecule has 0 fully saturated rings. The Labute approximate surface area is 127 Å². The quantitative estimate of drug-likeness (QED) is 0.858. The standard InChI is InChI=1S/C17H25N3O/c1-17(2,3)19-12-16-18-11-15(20-16)14-7-5-13(6-8-14)9-10-21-4/h5-8,11,19H,9-10,12H2,1-4H3,(H,18,20). The van der Waals surface area contributed by atoms with Crippen molar-refractivity contribution in [3.63, 3.8) is 0 Å². The molecule has 1 aromatic heterocycles. The van der Waals surface area contributed by atoms with E-state index in [1.165, 1.54) is 5.56 Å². The minimum Gasteiger partial charge on any atom is -0.384 e. The Morgan fingerprint density at radius 1 is 1.19 bits per heavy atom. The number of aromatic nitrogens is 2. The number of hydrogen-bond donors (Lipinski definition) is 2. The van der Waals surface area contributed by atoms with Gasteiger partial charge in [0.05, 0.1) is 25.0 Å². The summed E-state index contributed by atoms with van der Waals surface area (Å²) in [4.78, 5) is 7.80. The van der Waals surface area contributed by atoms with Crippen molar-refractivity contribution < 1.29 is 4.74 Å². The van der Waals surface area contributed by atoms with E-state index in [1.807, 2.05) is 6.20 Å². The summed E-state index contributed by atoms with van der Waals surface area (Å²) in [5.74, 6) is 0.961. The molecule has 1 heterocycles. The summed E-state index contributed by atoms with van der Waals surface area (Å²) in [5, 5.41) is 3.43. The largest absolute Gasteiger partial charge is 0.384 e. The monoisotopic (exact) mass is 287 g/mol. The van der Waals surface area contributed by atoms with Gasteiger partial charge in [0.2, 0.25) is 0 Å². The van der Waals surface area contributed by atoms with E-state index >= 15 is 0 Å². The van der Waals surface area contributed by atoms with Crippen LogP contribution in [0.4, 0.5) is 0 Å². The van der Waals surface area contributed by atoms with Gasteiger partial charge in [-0.3, -0.25) is 0 Å². The van der Waals surface area contributed by atoms with Crippen LogP contribution >= 0.6 is 0 Å². The number of rotatable bonds is 6. The van der Waals surface area contributed by atoms with Crippen LogP contribution in [-0.2, 0) is 17.7 Å². The maximum absolute atomic E-state index is 5.10. The minimum atomic E-state index is 0.0932. The lowest BCUT2D eigenvalue weighted by atomic mass is 10.1. The van der Waals surface area contributed by atoms with Crippen molar-refractivity contribution >= 4 is 0 Å². The molecule has 4 heteroatoms. The van der Waals surface area contributed by atoms with Gasteiger partial charge in [0.1, 0.15) is 5.82 Å². The molecule has 0 aliphatic carbocycles. The van der Waals surface area contributed by atoms with Crippen molar-refractivity contribution in [3.05, 3.63) is 41.9 Å². The molecular weight excluding hydrogens is 262 g/mol. The second kappa shape index (κ2) is 6.87. The van der Waals surface area contributed by atoms with Crippen LogP contribution in [0.15, 0.2) is 30.5 Å².